The van der Waals surface area contributed by atoms with Crippen molar-refractivity contribution in [2.24, 2.45) is 10.8 Å². The molecule has 0 amide bonds. The Morgan fingerprint density at radius 1 is 0.909 bits per heavy atom. The van der Waals surface area contributed by atoms with E-state index in [4.69, 9.17) is 0 Å². The molecule has 1 saturated carbocycles. The predicted molar refractivity (Wildman–Crippen MR) is 44.2 cm³/mol. The minimum atomic E-state index is -0.368. The molecular formula is C9H18O2. The summed E-state index contributed by atoms with van der Waals surface area (Å²) in [5, 5.41) is 19.2. The van der Waals surface area contributed by atoms with Crippen LogP contribution in [-0.2, 0) is 0 Å². The quantitative estimate of drug-likeness (QED) is 0.555. The van der Waals surface area contributed by atoms with E-state index in [-0.39, 0.29) is 23.0 Å². The Balaban J connectivity index is 2.95. The highest BCUT2D eigenvalue weighted by Crippen LogP contribution is 2.51. The first kappa shape index (κ1) is 9.01. The summed E-state index contributed by atoms with van der Waals surface area (Å²) in [5.74, 6) is 0. The molecule has 0 bridgehead atoms. The van der Waals surface area contributed by atoms with Crippen molar-refractivity contribution in [1.29, 1.82) is 0 Å². The molecule has 0 saturated heterocycles. The minimum Gasteiger partial charge on any atom is -0.392 e. The SMILES string of the molecule is CC1(C)C(O)CC(O)C1(C)C. The van der Waals surface area contributed by atoms with Gasteiger partial charge >= 0.3 is 0 Å². The lowest BCUT2D eigenvalue weighted by atomic mass is 9.69. The van der Waals surface area contributed by atoms with Crippen LogP contribution in [0.1, 0.15) is 34.1 Å². The van der Waals surface area contributed by atoms with Crippen LogP contribution in [0.25, 0.3) is 0 Å². The molecule has 0 radical (unpaired) electrons. The van der Waals surface area contributed by atoms with Crippen LogP contribution in [0.15, 0.2) is 0 Å². The summed E-state index contributed by atoms with van der Waals surface area (Å²) in [6.07, 6.45) is -0.222. The maximum atomic E-state index is 9.60. The van der Waals surface area contributed by atoms with E-state index in [1.165, 1.54) is 0 Å². The van der Waals surface area contributed by atoms with Gasteiger partial charge in [-0.25, -0.2) is 0 Å². The van der Waals surface area contributed by atoms with Crippen molar-refractivity contribution < 1.29 is 10.2 Å². The summed E-state index contributed by atoms with van der Waals surface area (Å²) in [5.41, 5.74) is -0.348. The lowest BCUT2D eigenvalue weighted by molar-refractivity contribution is -0.00955. The van der Waals surface area contributed by atoms with Crippen LogP contribution in [0.2, 0.25) is 0 Å². The van der Waals surface area contributed by atoms with Crippen LogP contribution < -0.4 is 0 Å². The van der Waals surface area contributed by atoms with Gasteiger partial charge in [-0.3, -0.25) is 0 Å². The monoisotopic (exact) mass is 158 g/mol. The summed E-state index contributed by atoms with van der Waals surface area (Å²) in [6.45, 7) is 8.03. The molecule has 1 fully saturated rings. The van der Waals surface area contributed by atoms with Gasteiger partial charge in [0.1, 0.15) is 0 Å². The van der Waals surface area contributed by atoms with Gasteiger partial charge in [0.15, 0.2) is 0 Å². The van der Waals surface area contributed by atoms with Crippen molar-refractivity contribution in [3.8, 4) is 0 Å². The van der Waals surface area contributed by atoms with Gasteiger partial charge in [0.05, 0.1) is 12.2 Å². The highest BCUT2D eigenvalue weighted by molar-refractivity contribution is 5.03. The molecule has 1 aliphatic rings. The number of hydrogen-bond donors (Lipinski definition) is 2. The molecule has 0 aromatic rings. The topological polar surface area (TPSA) is 40.5 Å². The lowest BCUT2D eigenvalue weighted by Crippen LogP contribution is -2.38. The fraction of sp³-hybridized carbons (Fsp3) is 1.00. The van der Waals surface area contributed by atoms with E-state index in [0.717, 1.165) is 0 Å². The fourth-order valence-electron chi connectivity index (χ4n) is 1.66. The van der Waals surface area contributed by atoms with Gasteiger partial charge in [0.25, 0.3) is 0 Å². The smallest absolute Gasteiger partial charge is 0.0622 e. The third-order valence-corrected chi connectivity index (χ3v) is 3.77. The maximum absolute atomic E-state index is 9.60. The van der Waals surface area contributed by atoms with E-state index in [9.17, 15) is 10.2 Å². The van der Waals surface area contributed by atoms with E-state index < -0.39 is 0 Å². The van der Waals surface area contributed by atoms with Gasteiger partial charge in [0.2, 0.25) is 0 Å². The second kappa shape index (κ2) is 2.20. The van der Waals surface area contributed by atoms with E-state index in [2.05, 4.69) is 0 Å². The maximum Gasteiger partial charge on any atom is 0.0622 e. The number of aliphatic hydroxyl groups excluding tert-OH is 2. The molecule has 0 aromatic heterocycles. The first-order valence-electron chi connectivity index (χ1n) is 4.16. The Morgan fingerprint density at radius 3 is 1.27 bits per heavy atom. The second-order valence-corrected chi connectivity index (χ2v) is 4.71. The predicted octanol–water partition coefficient (Wildman–Crippen LogP) is 1.16. The first-order valence-corrected chi connectivity index (χ1v) is 4.16. The highest BCUT2D eigenvalue weighted by atomic mass is 16.3. The van der Waals surface area contributed by atoms with Crippen LogP contribution in [0.4, 0.5) is 0 Å². The normalized spacial score (nSPS) is 40.9. The highest BCUT2D eigenvalue weighted by Gasteiger charge is 2.53. The van der Waals surface area contributed by atoms with E-state index >= 15 is 0 Å². The summed E-state index contributed by atoms with van der Waals surface area (Å²) >= 11 is 0. The van der Waals surface area contributed by atoms with Gasteiger partial charge in [-0.15, -0.1) is 0 Å². The van der Waals surface area contributed by atoms with Gasteiger partial charge in [0, 0.05) is 6.42 Å². The van der Waals surface area contributed by atoms with Gasteiger partial charge < -0.3 is 10.2 Å². The largest absolute Gasteiger partial charge is 0.392 e. The van der Waals surface area contributed by atoms with Crippen molar-refractivity contribution in [1.82, 2.24) is 0 Å². The van der Waals surface area contributed by atoms with Crippen LogP contribution >= 0.6 is 0 Å². The molecule has 0 spiro atoms. The number of rotatable bonds is 0. The standard InChI is InChI=1S/C9H18O2/c1-8(2)6(10)5-7(11)9(8,3)4/h6-7,10-11H,5H2,1-4H3. The zero-order valence-corrected chi connectivity index (χ0v) is 7.76. The average Bonchev–Trinajstić information content (AvgIpc) is 1.95. The molecule has 11 heavy (non-hydrogen) atoms. The molecule has 0 aliphatic heterocycles. The minimum absolute atomic E-state index is 0.174. The Bertz CT molecular complexity index is 143. The molecule has 2 heteroatoms. The lowest BCUT2D eigenvalue weighted by Gasteiger charge is -2.38. The molecule has 1 rings (SSSR count). The molecule has 1 aliphatic carbocycles. The second-order valence-electron chi connectivity index (χ2n) is 4.71. The van der Waals surface area contributed by atoms with E-state index in [0.29, 0.717) is 6.42 Å². The van der Waals surface area contributed by atoms with Crippen molar-refractivity contribution in [2.75, 3.05) is 0 Å². The molecule has 66 valence electrons. The molecule has 2 unspecified atom stereocenters. The van der Waals surface area contributed by atoms with Gasteiger partial charge in [-0.1, -0.05) is 27.7 Å². The fourth-order valence-corrected chi connectivity index (χ4v) is 1.66. The van der Waals surface area contributed by atoms with Crippen LogP contribution in [0.3, 0.4) is 0 Å². The Kier molecular flexibility index (Phi) is 1.81. The molecular weight excluding hydrogens is 140 g/mol. The Morgan fingerprint density at radius 2 is 1.18 bits per heavy atom. The Hall–Kier alpha value is -0.0800. The van der Waals surface area contributed by atoms with Crippen LogP contribution in [0, 0.1) is 10.8 Å². The summed E-state index contributed by atoms with van der Waals surface area (Å²) in [7, 11) is 0. The molecule has 2 atom stereocenters. The molecule has 2 N–H and O–H groups in total. The van der Waals surface area contributed by atoms with Crippen molar-refractivity contribution in [3.63, 3.8) is 0 Å². The summed E-state index contributed by atoms with van der Waals surface area (Å²) in [6, 6.07) is 0. The van der Waals surface area contributed by atoms with Gasteiger partial charge in [-0.05, 0) is 10.8 Å². The molecule has 2 nitrogen and oxygen atoms in total. The first-order chi connectivity index (χ1) is 4.80. The third-order valence-electron chi connectivity index (χ3n) is 3.77. The van der Waals surface area contributed by atoms with Gasteiger partial charge in [-0.2, -0.15) is 0 Å². The van der Waals surface area contributed by atoms with E-state index in [1.807, 2.05) is 27.7 Å². The zero-order valence-electron chi connectivity index (χ0n) is 7.76. The Labute approximate surface area is 68.2 Å². The third kappa shape index (κ3) is 1.00. The number of aliphatic hydroxyl groups is 2. The summed E-state index contributed by atoms with van der Waals surface area (Å²) < 4.78 is 0. The summed E-state index contributed by atoms with van der Waals surface area (Å²) in [4.78, 5) is 0. The van der Waals surface area contributed by atoms with Crippen molar-refractivity contribution in [2.45, 2.75) is 46.3 Å². The molecule has 0 heterocycles. The van der Waals surface area contributed by atoms with E-state index in [1.54, 1.807) is 0 Å². The zero-order chi connectivity index (χ0) is 8.86. The van der Waals surface area contributed by atoms with Crippen LogP contribution in [0.5, 0.6) is 0 Å². The van der Waals surface area contributed by atoms with Crippen LogP contribution in [-0.4, -0.2) is 22.4 Å². The number of hydrogen-bond acceptors (Lipinski definition) is 2. The molecule has 0 aromatic carbocycles. The van der Waals surface area contributed by atoms with Crippen molar-refractivity contribution in [3.05, 3.63) is 0 Å². The van der Waals surface area contributed by atoms with Crippen molar-refractivity contribution >= 4 is 0 Å². The average molecular weight is 158 g/mol.